The van der Waals surface area contributed by atoms with Gasteiger partial charge in [-0.3, -0.25) is 19.4 Å². The molecule has 400 valence electrons. The van der Waals surface area contributed by atoms with Crippen molar-refractivity contribution in [3.63, 3.8) is 0 Å². The molecule has 2 atom stereocenters. The van der Waals surface area contributed by atoms with Crippen LogP contribution < -0.4 is 36.8 Å². The number of nitrogens with one attached hydrogen (secondary N) is 6. The van der Waals surface area contributed by atoms with E-state index in [4.69, 9.17) is 20.1 Å². The Morgan fingerprint density at radius 1 is 0.736 bits per heavy atom. The van der Waals surface area contributed by atoms with Crippen LogP contribution in [0.3, 0.4) is 0 Å². The summed E-state index contributed by atoms with van der Waals surface area (Å²) in [7, 11) is 5.86. The molecular formula is C49H79N13O10. The highest BCUT2D eigenvalue weighted by molar-refractivity contribution is 5.84. The number of carbonyl (C=O) groups excluding carboxylic acids is 2. The molecule has 0 bridgehead atoms. The number of rotatable bonds is 28. The first-order valence-corrected chi connectivity index (χ1v) is 24.9. The van der Waals surface area contributed by atoms with Crippen LogP contribution in [0.25, 0.3) is 0 Å². The molecule has 12 N–H and O–H groups in total. The number of anilines is 4. The molecule has 23 heteroatoms. The third-order valence-corrected chi connectivity index (χ3v) is 12.2. The molecule has 4 rings (SSSR count). The molecule has 2 aromatic rings. The molecule has 0 spiro atoms. The number of urea groups is 1. The van der Waals surface area contributed by atoms with E-state index in [0.717, 1.165) is 69.5 Å². The number of hydrogen-bond donors (Lipinski definition) is 12. The highest BCUT2D eigenvalue weighted by atomic mass is 16.4. The van der Waals surface area contributed by atoms with Crippen molar-refractivity contribution in [3.05, 3.63) is 65.3 Å². The SMILES string of the molecule is CC(Cc1ccc(Nc2nc(NCCCCCCCC(=O)NCCCC[C@H](NC(=O)NCC(=O)O)C(=O)O)nc(N3CCN(C)CC3)n2)cc1)NC/C(O)=C\C1(CO)/C=C(/O)CN(C)CCN(C)C/C(O)=C\1. The number of amides is 3. The number of piperazine rings is 1. The highest BCUT2D eigenvalue weighted by Crippen LogP contribution is 2.28. The van der Waals surface area contributed by atoms with E-state index in [2.05, 4.69) is 48.7 Å². The standard InChI is InChI=1S/C49H79N13O10/c1-35(52-30-38(64)27-49(34-63)28-39(65)32-60(3)20-21-61(4)33-40(66)29-49)26-36-14-16-37(17-15-36)54-46-56-45(57-47(58-46)62-24-22-59(2)23-25-62)51-19-10-7-5-6-8-13-42(67)50-18-11-9-12-41(44(70)71)55-48(72)53-31-43(68)69/h14-17,27-29,35,41,52,63-66H,5-13,18-26,30-34H2,1-4H3,(H,50,67)(H,68,69)(H,70,71)(H2,53,55,72)(H2,51,54,56,57,58)/b38-27+,39-28+,40-29+/t35?,41-/m0/s1. The molecule has 0 saturated carbocycles. The van der Waals surface area contributed by atoms with Gasteiger partial charge in [0.1, 0.15) is 29.9 Å². The quantitative estimate of drug-likeness (QED) is 0.0431. The Kier molecular flexibility index (Phi) is 24.8. The number of aliphatic hydroxyl groups excluding tert-OH is 4. The van der Waals surface area contributed by atoms with Crippen LogP contribution in [-0.2, 0) is 20.8 Å². The lowest BCUT2D eigenvalue weighted by molar-refractivity contribution is -0.139. The number of aliphatic hydroxyl groups is 4. The minimum absolute atomic E-state index is 0.0234. The van der Waals surface area contributed by atoms with Gasteiger partial charge in [0, 0.05) is 70.5 Å². The fourth-order valence-corrected chi connectivity index (χ4v) is 8.15. The van der Waals surface area contributed by atoms with Crippen molar-refractivity contribution in [1.82, 2.24) is 50.9 Å². The zero-order valence-corrected chi connectivity index (χ0v) is 42.4. The first-order valence-electron chi connectivity index (χ1n) is 24.9. The Hall–Kier alpha value is -6.27. The van der Waals surface area contributed by atoms with Gasteiger partial charge < -0.3 is 72.3 Å². The zero-order valence-electron chi connectivity index (χ0n) is 42.4. The number of carbonyl (C=O) groups is 4. The van der Waals surface area contributed by atoms with Crippen LogP contribution in [0.4, 0.5) is 28.3 Å². The average molecular weight is 1010 g/mol. The minimum atomic E-state index is -1.31. The van der Waals surface area contributed by atoms with E-state index in [0.29, 0.717) is 69.7 Å². The van der Waals surface area contributed by atoms with Gasteiger partial charge in [-0.2, -0.15) is 15.0 Å². The van der Waals surface area contributed by atoms with Gasteiger partial charge in [0.25, 0.3) is 0 Å². The number of carboxylic acid groups (broad SMARTS) is 2. The number of unbranched alkanes of at least 4 members (excludes halogenated alkanes) is 5. The normalized spacial score (nSPS) is 19.9. The van der Waals surface area contributed by atoms with Crippen LogP contribution in [0.5, 0.6) is 0 Å². The Labute approximate surface area is 422 Å². The Balaban J connectivity index is 1.21. The monoisotopic (exact) mass is 1010 g/mol. The van der Waals surface area contributed by atoms with Crippen LogP contribution in [0.2, 0.25) is 0 Å². The largest absolute Gasteiger partial charge is 0.511 e. The van der Waals surface area contributed by atoms with Gasteiger partial charge in [-0.25, -0.2) is 9.59 Å². The molecule has 2 aliphatic heterocycles. The van der Waals surface area contributed by atoms with E-state index in [1.165, 1.54) is 18.2 Å². The molecule has 23 nitrogen and oxygen atoms in total. The molecule has 3 heterocycles. The third kappa shape index (κ3) is 22.4. The lowest BCUT2D eigenvalue weighted by Gasteiger charge is -2.32. The summed E-state index contributed by atoms with van der Waals surface area (Å²) < 4.78 is 0. The molecule has 0 radical (unpaired) electrons. The summed E-state index contributed by atoms with van der Waals surface area (Å²) in [5, 5.41) is 78.2. The molecule has 1 fully saturated rings. The fraction of sp³-hybridized carbons (Fsp3) is 0.612. The lowest BCUT2D eigenvalue weighted by atomic mass is 9.86. The summed E-state index contributed by atoms with van der Waals surface area (Å²) in [5.41, 5.74) is 0.553. The van der Waals surface area contributed by atoms with Crippen molar-refractivity contribution in [1.29, 1.82) is 0 Å². The number of aliphatic carboxylic acids is 2. The van der Waals surface area contributed by atoms with Gasteiger partial charge >= 0.3 is 18.0 Å². The first-order chi connectivity index (χ1) is 34.4. The van der Waals surface area contributed by atoms with Gasteiger partial charge in [0.15, 0.2) is 0 Å². The highest BCUT2D eigenvalue weighted by Gasteiger charge is 2.27. The van der Waals surface area contributed by atoms with Crippen LogP contribution in [-0.4, -0.2) is 203 Å². The molecule has 1 aromatic heterocycles. The Morgan fingerprint density at radius 2 is 1.35 bits per heavy atom. The van der Waals surface area contributed by atoms with Crippen molar-refractivity contribution in [2.45, 2.75) is 83.2 Å². The zero-order chi connectivity index (χ0) is 52.5. The van der Waals surface area contributed by atoms with Gasteiger partial charge in [-0.15, -0.1) is 0 Å². The molecule has 1 saturated heterocycles. The maximum atomic E-state index is 12.3. The van der Waals surface area contributed by atoms with Gasteiger partial charge in [-0.05, 0) is 103 Å². The number of nitrogens with zero attached hydrogens (tertiary/aromatic N) is 7. The number of carboxylic acids is 2. The third-order valence-electron chi connectivity index (χ3n) is 12.2. The van der Waals surface area contributed by atoms with Crippen LogP contribution in [0.1, 0.15) is 70.3 Å². The van der Waals surface area contributed by atoms with Crippen molar-refractivity contribution in [3.8, 4) is 0 Å². The first kappa shape index (κ1) is 58.3. The van der Waals surface area contributed by atoms with Crippen molar-refractivity contribution >= 4 is 47.4 Å². The number of likely N-dealkylation sites (N-methyl/N-ethyl adjacent to an activating group) is 3. The predicted molar refractivity (Wildman–Crippen MR) is 276 cm³/mol. The van der Waals surface area contributed by atoms with E-state index in [9.17, 15) is 44.7 Å². The van der Waals surface area contributed by atoms with E-state index < -0.39 is 42.6 Å². The Bertz CT molecular complexity index is 2090. The summed E-state index contributed by atoms with van der Waals surface area (Å²) in [6.07, 6.45) is 11.0. The van der Waals surface area contributed by atoms with Gasteiger partial charge in [0.2, 0.25) is 23.8 Å². The average Bonchev–Trinajstić information content (AvgIpc) is 3.34. The molecule has 72 heavy (non-hydrogen) atoms. The topological polar surface area (TPSA) is 313 Å². The summed E-state index contributed by atoms with van der Waals surface area (Å²) in [6, 6.07) is 5.89. The summed E-state index contributed by atoms with van der Waals surface area (Å²) in [5.74, 6) is -1.04. The van der Waals surface area contributed by atoms with E-state index in [-0.39, 0.29) is 55.3 Å². The van der Waals surface area contributed by atoms with Crippen molar-refractivity contribution in [2.24, 2.45) is 5.41 Å². The van der Waals surface area contributed by atoms with E-state index in [1.54, 1.807) is 0 Å². The fourth-order valence-electron chi connectivity index (χ4n) is 8.15. The summed E-state index contributed by atoms with van der Waals surface area (Å²) in [6.45, 7) is 7.29. The summed E-state index contributed by atoms with van der Waals surface area (Å²) in [4.78, 5) is 68.7. The van der Waals surface area contributed by atoms with Crippen LogP contribution in [0.15, 0.2) is 59.8 Å². The molecule has 2 aliphatic rings. The second-order valence-electron chi connectivity index (χ2n) is 18.9. The number of benzene rings is 1. The van der Waals surface area contributed by atoms with Crippen molar-refractivity contribution in [2.75, 3.05) is 122 Å². The second-order valence-corrected chi connectivity index (χ2v) is 18.9. The lowest BCUT2D eigenvalue weighted by Crippen LogP contribution is -2.47. The predicted octanol–water partition coefficient (Wildman–Crippen LogP) is 2.95. The van der Waals surface area contributed by atoms with Crippen LogP contribution >= 0.6 is 0 Å². The van der Waals surface area contributed by atoms with Gasteiger partial charge in [0.05, 0.1) is 31.7 Å². The maximum Gasteiger partial charge on any atom is 0.326 e. The van der Waals surface area contributed by atoms with Crippen molar-refractivity contribution < 1.29 is 49.8 Å². The number of hydrogen-bond acceptors (Lipinski definition) is 18. The molecular weight excluding hydrogens is 931 g/mol. The van der Waals surface area contributed by atoms with Gasteiger partial charge in [-0.1, -0.05) is 31.4 Å². The molecule has 3 amide bonds. The maximum absolute atomic E-state index is 12.3. The number of aromatic nitrogens is 3. The van der Waals surface area contributed by atoms with E-state index in [1.807, 2.05) is 55.1 Å². The molecule has 0 aliphatic carbocycles. The molecule has 1 aromatic carbocycles. The van der Waals surface area contributed by atoms with Crippen LogP contribution in [0, 0.1) is 5.41 Å². The summed E-state index contributed by atoms with van der Waals surface area (Å²) >= 11 is 0. The second kappa shape index (κ2) is 30.6. The van der Waals surface area contributed by atoms with E-state index >= 15 is 0 Å². The Morgan fingerprint density at radius 3 is 1.99 bits per heavy atom. The minimum Gasteiger partial charge on any atom is -0.511 e. The molecule has 1 unspecified atom stereocenters. The smallest absolute Gasteiger partial charge is 0.326 e.